The Kier molecular flexibility index (Phi) is 2.41. The van der Waals surface area contributed by atoms with Crippen molar-refractivity contribution in [3.8, 4) is 0 Å². The predicted octanol–water partition coefficient (Wildman–Crippen LogP) is -0.273. The molecule has 2 aliphatic rings. The molecule has 2 rings (SSSR count). The first kappa shape index (κ1) is 7.53. The van der Waals surface area contributed by atoms with Gasteiger partial charge in [0, 0.05) is 13.1 Å². The SMILES string of the molecule is C1CC(OC2CNC2)CCN1. The maximum atomic E-state index is 5.82. The van der Waals surface area contributed by atoms with Crippen molar-refractivity contribution in [2.24, 2.45) is 0 Å². The number of ether oxygens (including phenoxy) is 1. The van der Waals surface area contributed by atoms with Crippen molar-refractivity contribution >= 4 is 0 Å². The molecule has 0 amide bonds. The fraction of sp³-hybridized carbons (Fsp3) is 1.00. The molecule has 0 aromatic rings. The van der Waals surface area contributed by atoms with Gasteiger partial charge in [0.15, 0.2) is 0 Å². The molecule has 64 valence electrons. The van der Waals surface area contributed by atoms with E-state index in [1.165, 1.54) is 12.8 Å². The van der Waals surface area contributed by atoms with Gasteiger partial charge in [0.25, 0.3) is 0 Å². The first-order chi connectivity index (χ1) is 5.45. The molecular weight excluding hydrogens is 140 g/mol. The lowest BCUT2D eigenvalue weighted by Crippen LogP contribution is -2.51. The van der Waals surface area contributed by atoms with E-state index in [-0.39, 0.29) is 0 Å². The monoisotopic (exact) mass is 156 g/mol. The number of hydrogen-bond acceptors (Lipinski definition) is 3. The summed E-state index contributed by atoms with van der Waals surface area (Å²) >= 11 is 0. The number of piperidine rings is 1. The van der Waals surface area contributed by atoms with Crippen LogP contribution >= 0.6 is 0 Å². The van der Waals surface area contributed by atoms with E-state index >= 15 is 0 Å². The number of rotatable bonds is 2. The Morgan fingerprint density at radius 3 is 2.18 bits per heavy atom. The predicted molar refractivity (Wildman–Crippen MR) is 43.6 cm³/mol. The lowest BCUT2D eigenvalue weighted by Gasteiger charge is -2.33. The van der Waals surface area contributed by atoms with Crippen molar-refractivity contribution < 1.29 is 4.74 Å². The average Bonchev–Trinajstić information content (AvgIpc) is 1.99. The smallest absolute Gasteiger partial charge is 0.0827 e. The minimum atomic E-state index is 0.512. The molecule has 11 heavy (non-hydrogen) atoms. The van der Waals surface area contributed by atoms with E-state index in [1.807, 2.05) is 0 Å². The van der Waals surface area contributed by atoms with Crippen molar-refractivity contribution in [2.45, 2.75) is 25.0 Å². The lowest BCUT2D eigenvalue weighted by atomic mass is 10.1. The second kappa shape index (κ2) is 3.52. The van der Waals surface area contributed by atoms with Crippen LogP contribution in [0.3, 0.4) is 0 Å². The summed E-state index contributed by atoms with van der Waals surface area (Å²) in [6, 6.07) is 0. The molecule has 2 aliphatic heterocycles. The standard InChI is InChI=1S/C8H16N2O/c1-3-9-4-2-7(1)11-8-5-10-6-8/h7-10H,1-6H2. The van der Waals surface area contributed by atoms with Crippen LogP contribution in [0.15, 0.2) is 0 Å². The Morgan fingerprint density at radius 1 is 0.909 bits per heavy atom. The van der Waals surface area contributed by atoms with Gasteiger partial charge in [-0.1, -0.05) is 0 Å². The van der Waals surface area contributed by atoms with Crippen molar-refractivity contribution in [1.29, 1.82) is 0 Å². The zero-order valence-corrected chi connectivity index (χ0v) is 6.81. The number of hydrogen-bond donors (Lipinski definition) is 2. The summed E-state index contributed by atoms with van der Waals surface area (Å²) in [5, 5.41) is 6.54. The van der Waals surface area contributed by atoms with Crippen LogP contribution in [-0.4, -0.2) is 38.4 Å². The lowest BCUT2D eigenvalue weighted by molar-refractivity contribution is -0.0490. The Bertz CT molecular complexity index is 119. The van der Waals surface area contributed by atoms with E-state index in [1.54, 1.807) is 0 Å². The van der Waals surface area contributed by atoms with Gasteiger partial charge >= 0.3 is 0 Å². The highest BCUT2D eigenvalue weighted by Gasteiger charge is 2.22. The van der Waals surface area contributed by atoms with E-state index in [2.05, 4.69) is 10.6 Å². The van der Waals surface area contributed by atoms with Crippen LogP contribution in [-0.2, 0) is 4.74 Å². The summed E-state index contributed by atoms with van der Waals surface area (Å²) < 4.78 is 5.82. The average molecular weight is 156 g/mol. The van der Waals surface area contributed by atoms with Gasteiger partial charge in [0.05, 0.1) is 12.2 Å². The summed E-state index contributed by atoms with van der Waals surface area (Å²) in [7, 11) is 0. The molecule has 0 aromatic heterocycles. The van der Waals surface area contributed by atoms with Gasteiger partial charge in [-0.25, -0.2) is 0 Å². The molecule has 3 heteroatoms. The molecule has 0 unspecified atom stereocenters. The van der Waals surface area contributed by atoms with Gasteiger partial charge in [-0.15, -0.1) is 0 Å². The van der Waals surface area contributed by atoms with E-state index < -0.39 is 0 Å². The summed E-state index contributed by atoms with van der Waals surface area (Å²) in [4.78, 5) is 0. The van der Waals surface area contributed by atoms with Crippen LogP contribution in [0.25, 0.3) is 0 Å². The zero-order chi connectivity index (χ0) is 7.52. The Morgan fingerprint density at radius 2 is 1.64 bits per heavy atom. The van der Waals surface area contributed by atoms with Gasteiger partial charge in [0.2, 0.25) is 0 Å². The third-order valence-corrected chi connectivity index (χ3v) is 2.42. The van der Waals surface area contributed by atoms with Gasteiger partial charge in [-0.3, -0.25) is 0 Å². The molecule has 0 aliphatic carbocycles. The van der Waals surface area contributed by atoms with Gasteiger partial charge in [-0.2, -0.15) is 0 Å². The molecule has 0 atom stereocenters. The molecular formula is C8H16N2O. The molecule has 0 spiro atoms. The Hall–Kier alpha value is -0.120. The van der Waals surface area contributed by atoms with Gasteiger partial charge in [-0.05, 0) is 25.9 Å². The van der Waals surface area contributed by atoms with Crippen molar-refractivity contribution in [2.75, 3.05) is 26.2 Å². The van der Waals surface area contributed by atoms with Crippen molar-refractivity contribution in [3.05, 3.63) is 0 Å². The maximum absolute atomic E-state index is 5.82. The Labute approximate surface area is 67.5 Å². The largest absolute Gasteiger partial charge is 0.372 e. The summed E-state index contributed by atoms with van der Waals surface area (Å²) in [5.41, 5.74) is 0. The normalized spacial score (nSPS) is 28.4. The minimum absolute atomic E-state index is 0.512. The van der Waals surface area contributed by atoms with E-state index in [0.29, 0.717) is 12.2 Å². The van der Waals surface area contributed by atoms with E-state index in [0.717, 1.165) is 26.2 Å². The van der Waals surface area contributed by atoms with Gasteiger partial charge in [0.1, 0.15) is 0 Å². The van der Waals surface area contributed by atoms with E-state index in [9.17, 15) is 0 Å². The highest BCUT2D eigenvalue weighted by Crippen LogP contribution is 2.11. The molecule has 2 saturated heterocycles. The molecule has 2 N–H and O–H groups in total. The third-order valence-electron chi connectivity index (χ3n) is 2.42. The van der Waals surface area contributed by atoms with Crippen LogP contribution in [0.2, 0.25) is 0 Å². The fourth-order valence-corrected chi connectivity index (χ4v) is 1.56. The first-order valence-corrected chi connectivity index (χ1v) is 4.52. The van der Waals surface area contributed by atoms with Crippen LogP contribution in [0.5, 0.6) is 0 Å². The maximum Gasteiger partial charge on any atom is 0.0827 e. The summed E-state index contributed by atoms with van der Waals surface area (Å²) in [6.45, 7) is 4.38. The highest BCUT2D eigenvalue weighted by atomic mass is 16.5. The minimum Gasteiger partial charge on any atom is -0.372 e. The Balaban J connectivity index is 1.67. The summed E-state index contributed by atoms with van der Waals surface area (Å²) in [5.74, 6) is 0. The zero-order valence-electron chi connectivity index (χ0n) is 6.81. The van der Waals surface area contributed by atoms with Crippen LogP contribution in [0.4, 0.5) is 0 Å². The molecule has 0 aromatic carbocycles. The van der Waals surface area contributed by atoms with E-state index in [4.69, 9.17) is 4.74 Å². The highest BCUT2D eigenvalue weighted by molar-refractivity contribution is 4.78. The molecule has 0 saturated carbocycles. The molecule has 0 radical (unpaired) electrons. The quantitative estimate of drug-likeness (QED) is 0.577. The molecule has 2 heterocycles. The fourth-order valence-electron chi connectivity index (χ4n) is 1.56. The second-order valence-electron chi connectivity index (χ2n) is 3.37. The van der Waals surface area contributed by atoms with Crippen molar-refractivity contribution in [3.63, 3.8) is 0 Å². The molecule has 2 fully saturated rings. The molecule has 0 bridgehead atoms. The van der Waals surface area contributed by atoms with Gasteiger partial charge < -0.3 is 15.4 Å². The molecule has 3 nitrogen and oxygen atoms in total. The van der Waals surface area contributed by atoms with Crippen LogP contribution < -0.4 is 10.6 Å². The first-order valence-electron chi connectivity index (χ1n) is 4.52. The summed E-state index contributed by atoms with van der Waals surface area (Å²) in [6.07, 6.45) is 3.42. The van der Waals surface area contributed by atoms with Crippen LogP contribution in [0, 0.1) is 0 Å². The number of nitrogens with one attached hydrogen (secondary N) is 2. The topological polar surface area (TPSA) is 33.3 Å². The second-order valence-corrected chi connectivity index (χ2v) is 3.37. The van der Waals surface area contributed by atoms with Crippen LogP contribution in [0.1, 0.15) is 12.8 Å². The third kappa shape index (κ3) is 1.92. The van der Waals surface area contributed by atoms with Crippen molar-refractivity contribution in [1.82, 2.24) is 10.6 Å².